The lowest BCUT2D eigenvalue weighted by molar-refractivity contribution is 0.0893. The second kappa shape index (κ2) is 7.20. The first-order valence-electron chi connectivity index (χ1n) is 9.57. The van der Waals surface area contributed by atoms with Gasteiger partial charge in [-0.3, -0.25) is 0 Å². The molecule has 3 heterocycles. The fraction of sp³-hybridized carbons (Fsp3) is 0.800. The minimum absolute atomic E-state index is 0.147. The van der Waals surface area contributed by atoms with Crippen LogP contribution < -0.4 is 4.90 Å². The quantitative estimate of drug-likeness (QED) is 0.823. The third-order valence-electron chi connectivity index (χ3n) is 5.39. The zero-order valence-electron chi connectivity index (χ0n) is 16.6. The standard InChI is InChI=1S/C20H34N4O/c1-19(2)11-16(6-7-23(5)12-19)17-10-18(22-15-21-17)24-8-9-25-14-20(3,4)13-24/h10,15-16H,6-9,11-14H2,1-5H3. The van der Waals surface area contributed by atoms with Gasteiger partial charge in [0.2, 0.25) is 0 Å². The average molecular weight is 347 g/mol. The Balaban J connectivity index is 1.81. The van der Waals surface area contributed by atoms with E-state index < -0.39 is 0 Å². The van der Waals surface area contributed by atoms with Crippen molar-refractivity contribution in [2.24, 2.45) is 10.8 Å². The van der Waals surface area contributed by atoms with Crippen molar-refractivity contribution in [1.29, 1.82) is 0 Å². The highest BCUT2D eigenvalue weighted by Crippen LogP contribution is 2.37. The second-order valence-corrected chi connectivity index (χ2v) is 9.53. The van der Waals surface area contributed by atoms with Gasteiger partial charge in [-0.15, -0.1) is 0 Å². The van der Waals surface area contributed by atoms with Gasteiger partial charge in [-0.05, 0) is 31.8 Å². The van der Waals surface area contributed by atoms with Crippen LogP contribution in [0.1, 0.15) is 52.1 Å². The summed E-state index contributed by atoms with van der Waals surface area (Å²) in [5.74, 6) is 1.57. The van der Waals surface area contributed by atoms with Gasteiger partial charge in [0.1, 0.15) is 12.1 Å². The third-order valence-corrected chi connectivity index (χ3v) is 5.39. The Morgan fingerprint density at radius 1 is 1.08 bits per heavy atom. The van der Waals surface area contributed by atoms with Crippen LogP contribution in [0.5, 0.6) is 0 Å². The van der Waals surface area contributed by atoms with E-state index in [1.54, 1.807) is 6.33 Å². The fourth-order valence-electron chi connectivity index (χ4n) is 4.39. The van der Waals surface area contributed by atoms with Gasteiger partial charge in [0.15, 0.2) is 0 Å². The molecule has 25 heavy (non-hydrogen) atoms. The van der Waals surface area contributed by atoms with E-state index in [1.165, 1.54) is 18.5 Å². The molecular weight excluding hydrogens is 312 g/mol. The van der Waals surface area contributed by atoms with Crippen LogP contribution in [0.3, 0.4) is 0 Å². The van der Waals surface area contributed by atoms with Gasteiger partial charge in [0.25, 0.3) is 0 Å². The van der Waals surface area contributed by atoms with Crippen molar-refractivity contribution in [3.8, 4) is 0 Å². The summed E-state index contributed by atoms with van der Waals surface area (Å²) >= 11 is 0. The molecule has 3 rings (SSSR count). The first-order valence-corrected chi connectivity index (χ1v) is 9.57. The molecule has 0 bridgehead atoms. The highest BCUT2D eigenvalue weighted by Gasteiger charge is 2.31. The SMILES string of the molecule is CN1CCC(c2cc(N3CCOCC(C)(C)C3)ncn2)CC(C)(C)C1. The molecule has 1 atom stereocenters. The van der Waals surface area contributed by atoms with Crippen LogP contribution in [0.15, 0.2) is 12.4 Å². The molecule has 1 aromatic rings. The van der Waals surface area contributed by atoms with Gasteiger partial charge < -0.3 is 14.5 Å². The Morgan fingerprint density at radius 2 is 1.88 bits per heavy atom. The fourth-order valence-corrected chi connectivity index (χ4v) is 4.39. The molecule has 2 aliphatic rings. The Morgan fingerprint density at radius 3 is 2.68 bits per heavy atom. The molecule has 0 spiro atoms. The monoisotopic (exact) mass is 346 g/mol. The summed E-state index contributed by atoms with van der Waals surface area (Å²) in [7, 11) is 2.23. The number of ether oxygens (including phenoxy) is 1. The lowest BCUT2D eigenvalue weighted by atomic mass is 9.81. The molecule has 1 unspecified atom stereocenters. The number of rotatable bonds is 2. The van der Waals surface area contributed by atoms with Gasteiger partial charge in [-0.1, -0.05) is 27.7 Å². The Bertz CT molecular complexity index is 587. The van der Waals surface area contributed by atoms with E-state index in [1.807, 2.05) is 0 Å². The lowest BCUT2D eigenvalue weighted by Gasteiger charge is -2.30. The summed E-state index contributed by atoms with van der Waals surface area (Å²) in [6, 6.07) is 2.23. The first-order chi connectivity index (χ1) is 11.7. The Labute approximate surface area is 152 Å². The van der Waals surface area contributed by atoms with Crippen molar-refractivity contribution in [2.75, 3.05) is 51.3 Å². The number of likely N-dealkylation sites (tertiary alicyclic amines) is 1. The van der Waals surface area contributed by atoms with E-state index in [2.05, 4.69) is 60.6 Å². The van der Waals surface area contributed by atoms with Crippen molar-refractivity contribution < 1.29 is 4.74 Å². The normalized spacial score (nSPS) is 27.6. The number of aromatic nitrogens is 2. The maximum atomic E-state index is 5.77. The van der Waals surface area contributed by atoms with E-state index in [0.717, 1.165) is 45.2 Å². The topological polar surface area (TPSA) is 41.5 Å². The van der Waals surface area contributed by atoms with Crippen molar-refractivity contribution >= 4 is 5.82 Å². The summed E-state index contributed by atoms with van der Waals surface area (Å²) in [5, 5.41) is 0. The second-order valence-electron chi connectivity index (χ2n) is 9.53. The van der Waals surface area contributed by atoms with Crippen LogP contribution in [0.25, 0.3) is 0 Å². The van der Waals surface area contributed by atoms with E-state index >= 15 is 0 Å². The highest BCUT2D eigenvalue weighted by atomic mass is 16.5. The van der Waals surface area contributed by atoms with Crippen molar-refractivity contribution in [1.82, 2.24) is 14.9 Å². The van der Waals surface area contributed by atoms with Crippen LogP contribution in [0, 0.1) is 10.8 Å². The molecule has 2 aliphatic heterocycles. The van der Waals surface area contributed by atoms with Gasteiger partial charge in [-0.2, -0.15) is 0 Å². The molecule has 0 saturated carbocycles. The summed E-state index contributed by atoms with van der Waals surface area (Å²) in [6.45, 7) is 15.0. The van der Waals surface area contributed by atoms with Crippen molar-refractivity contribution in [3.63, 3.8) is 0 Å². The molecule has 5 nitrogen and oxygen atoms in total. The van der Waals surface area contributed by atoms with E-state index in [4.69, 9.17) is 4.74 Å². The van der Waals surface area contributed by atoms with Crippen molar-refractivity contribution in [3.05, 3.63) is 18.1 Å². The molecule has 2 fully saturated rings. The van der Waals surface area contributed by atoms with E-state index in [-0.39, 0.29) is 5.41 Å². The van der Waals surface area contributed by atoms with Gasteiger partial charge in [0.05, 0.1) is 13.2 Å². The molecule has 0 amide bonds. The number of hydrogen-bond donors (Lipinski definition) is 0. The van der Waals surface area contributed by atoms with Gasteiger partial charge >= 0.3 is 0 Å². The molecule has 0 radical (unpaired) electrons. The van der Waals surface area contributed by atoms with Crippen LogP contribution in [0.4, 0.5) is 5.82 Å². The zero-order valence-corrected chi connectivity index (χ0v) is 16.6. The Hall–Kier alpha value is -1.20. The number of nitrogens with zero attached hydrogens (tertiary/aromatic N) is 4. The highest BCUT2D eigenvalue weighted by molar-refractivity contribution is 5.40. The summed E-state index contributed by atoms with van der Waals surface area (Å²) in [6.07, 6.45) is 4.11. The maximum Gasteiger partial charge on any atom is 0.132 e. The molecule has 0 aromatic carbocycles. The number of anilines is 1. The summed E-state index contributed by atoms with van der Waals surface area (Å²) in [4.78, 5) is 14.1. The number of hydrogen-bond acceptors (Lipinski definition) is 5. The average Bonchev–Trinajstić information content (AvgIpc) is 2.79. The summed E-state index contributed by atoms with van der Waals surface area (Å²) in [5.41, 5.74) is 1.67. The minimum atomic E-state index is 0.147. The molecule has 2 saturated heterocycles. The third kappa shape index (κ3) is 4.91. The lowest BCUT2D eigenvalue weighted by Crippen LogP contribution is -2.35. The van der Waals surface area contributed by atoms with Crippen LogP contribution in [-0.4, -0.2) is 61.3 Å². The molecule has 0 N–H and O–H groups in total. The van der Waals surface area contributed by atoms with Crippen LogP contribution in [0.2, 0.25) is 0 Å². The molecular formula is C20H34N4O. The zero-order chi connectivity index (χ0) is 18.1. The minimum Gasteiger partial charge on any atom is -0.379 e. The first kappa shape index (κ1) is 18.6. The predicted octanol–water partition coefficient (Wildman–Crippen LogP) is 3.17. The van der Waals surface area contributed by atoms with Crippen LogP contribution >= 0.6 is 0 Å². The molecule has 140 valence electrons. The van der Waals surface area contributed by atoms with E-state index in [0.29, 0.717) is 11.3 Å². The largest absolute Gasteiger partial charge is 0.379 e. The van der Waals surface area contributed by atoms with E-state index in [9.17, 15) is 0 Å². The molecule has 1 aromatic heterocycles. The predicted molar refractivity (Wildman–Crippen MR) is 102 cm³/mol. The molecule has 0 aliphatic carbocycles. The summed E-state index contributed by atoms with van der Waals surface area (Å²) < 4.78 is 5.77. The van der Waals surface area contributed by atoms with Gasteiger partial charge in [-0.25, -0.2) is 9.97 Å². The maximum absolute atomic E-state index is 5.77. The molecule has 5 heteroatoms. The van der Waals surface area contributed by atoms with Crippen LogP contribution in [-0.2, 0) is 4.74 Å². The van der Waals surface area contributed by atoms with Gasteiger partial charge in [0, 0.05) is 42.7 Å². The van der Waals surface area contributed by atoms with Crippen molar-refractivity contribution in [2.45, 2.75) is 46.5 Å². The smallest absolute Gasteiger partial charge is 0.132 e. The Kier molecular flexibility index (Phi) is 5.35.